The molecule has 20 heavy (non-hydrogen) atoms. The molecule has 0 aromatic heterocycles. The Morgan fingerprint density at radius 2 is 2.20 bits per heavy atom. The summed E-state index contributed by atoms with van der Waals surface area (Å²) in [5.41, 5.74) is 5.83. The third-order valence-electron chi connectivity index (χ3n) is 3.19. The van der Waals surface area contributed by atoms with Gasteiger partial charge in [0.1, 0.15) is 0 Å². The molecule has 1 aromatic rings. The van der Waals surface area contributed by atoms with Crippen LogP contribution < -0.4 is 15.8 Å². The first-order chi connectivity index (χ1) is 9.39. The van der Waals surface area contributed by atoms with Gasteiger partial charge in [-0.3, -0.25) is 0 Å². The van der Waals surface area contributed by atoms with Crippen LogP contribution in [0.15, 0.2) is 12.1 Å². The molecule has 1 unspecified atom stereocenters. The first-order valence-corrected chi connectivity index (χ1v) is 6.29. The number of hydrogen-bond donors (Lipinski definition) is 2. The van der Waals surface area contributed by atoms with Crippen LogP contribution in [0.4, 0.5) is 24.5 Å². The van der Waals surface area contributed by atoms with E-state index in [0.717, 1.165) is 25.0 Å². The molecule has 1 saturated heterocycles. The fraction of sp³-hybridized carbons (Fsp3) is 0.538. The topological polar surface area (TPSA) is 56.5 Å². The van der Waals surface area contributed by atoms with Gasteiger partial charge in [0, 0.05) is 18.7 Å². The average Bonchev–Trinajstić information content (AvgIpc) is 2.35. The number of alkyl halides is 2. The average molecular weight is 290 g/mol. The Morgan fingerprint density at radius 1 is 1.45 bits per heavy atom. The summed E-state index contributed by atoms with van der Waals surface area (Å²) in [4.78, 5) is 0. The molecule has 1 atom stereocenters. The predicted molar refractivity (Wildman–Crippen MR) is 69.5 cm³/mol. The van der Waals surface area contributed by atoms with Crippen molar-refractivity contribution < 1.29 is 22.6 Å². The highest BCUT2D eigenvalue weighted by molar-refractivity contribution is 5.69. The standard InChI is InChI=1S/C13H17F3N2O2/c1-13(3-2-4-19-7-13)18-10-6-11(20-12(15)16)8(14)5-9(10)17/h5-6,12,18H,2-4,7,17H2,1H3. The molecule has 1 aliphatic heterocycles. The summed E-state index contributed by atoms with van der Waals surface area (Å²) >= 11 is 0. The van der Waals surface area contributed by atoms with Crippen molar-refractivity contribution in [2.75, 3.05) is 24.3 Å². The number of hydrogen-bond acceptors (Lipinski definition) is 4. The fourth-order valence-electron chi connectivity index (χ4n) is 2.22. The van der Waals surface area contributed by atoms with Crippen LogP contribution in [0.5, 0.6) is 5.75 Å². The number of nitrogens with one attached hydrogen (secondary N) is 1. The van der Waals surface area contributed by atoms with Crippen LogP contribution in [-0.4, -0.2) is 25.4 Å². The van der Waals surface area contributed by atoms with Gasteiger partial charge in [-0.25, -0.2) is 4.39 Å². The minimum atomic E-state index is -3.09. The molecule has 1 aromatic carbocycles. The molecule has 0 aliphatic carbocycles. The van der Waals surface area contributed by atoms with Crippen molar-refractivity contribution >= 4 is 11.4 Å². The largest absolute Gasteiger partial charge is 0.432 e. The number of nitrogen functional groups attached to an aromatic ring is 1. The highest BCUT2D eigenvalue weighted by atomic mass is 19.3. The molecule has 3 N–H and O–H groups in total. The van der Waals surface area contributed by atoms with Gasteiger partial charge in [-0.1, -0.05) is 0 Å². The van der Waals surface area contributed by atoms with E-state index in [9.17, 15) is 13.2 Å². The Hall–Kier alpha value is -1.63. The van der Waals surface area contributed by atoms with E-state index < -0.39 is 18.2 Å². The highest BCUT2D eigenvalue weighted by Gasteiger charge is 2.28. The van der Waals surface area contributed by atoms with Gasteiger partial charge in [0.05, 0.1) is 23.5 Å². The summed E-state index contributed by atoms with van der Waals surface area (Å²) in [5, 5.41) is 3.12. The van der Waals surface area contributed by atoms with Crippen LogP contribution in [0.2, 0.25) is 0 Å². The molecule has 112 valence electrons. The summed E-state index contributed by atoms with van der Waals surface area (Å²) < 4.78 is 47.4. The van der Waals surface area contributed by atoms with Crippen LogP contribution in [0.1, 0.15) is 19.8 Å². The van der Waals surface area contributed by atoms with E-state index in [0.29, 0.717) is 18.9 Å². The zero-order chi connectivity index (χ0) is 14.8. The van der Waals surface area contributed by atoms with E-state index in [1.54, 1.807) is 0 Å². The maximum Gasteiger partial charge on any atom is 0.387 e. The highest BCUT2D eigenvalue weighted by Crippen LogP contribution is 2.33. The lowest BCUT2D eigenvalue weighted by atomic mass is 9.94. The van der Waals surface area contributed by atoms with E-state index in [2.05, 4.69) is 10.1 Å². The molecule has 0 bridgehead atoms. The zero-order valence-corrected chi connectivity index (χ0v) is 11.1. The third kappa shape index (κ3) is 3.47. The summed E-state index contributed by atoms with van der Waals surface area (Å²) in [5.74, 6) is -1.45. The van der Waals surface area contributed by atoms with Gasteiger partial charge < -0.3 is 20.5 Å². The third-order valence-corrected chi connectivity index (χ3v) is 3.19. The molecule has 0 spiro atoms. The second-order valence-corrected chi connectivity index (χ2v) is 5.09. The van der Waals surface area contributed by atoms with Gasteiger partial charge >= 0.3 is 6.61 Å². The van der Waals surface area contributed by atoms with Gasteiger partial charge in [-0.2, -0.15) is 8.78 Å². The number of nitrogens with two attached hydrogens (primary N) is 1. The summed E-state index contributed by atoms with van der Waals surface area (Å²) in [6.45, 7) is 0.00229. The molecule has 2 rings (SSSR count). The second-order valence-electron chi connectivity index (χ2n) is 5.09. The Morgan fingerprint density at radius 3 is 2.80 bits per heavy atom. The van der Waals surface area contributed by atoms with E-state index in [4.69, 9.17) is 10.5 Å². The molecular weight excluding hydrogens is 273 g/mol. The monoisotopic (exact) mass is 290 g/mol. The van der Waals surface area contributed by atoms with E-state index >= 15 is 0 Å². The maximum atomic E-state index is 13.5. The number of anilines is 2. The Bertz CT molecular complexity index is 477. The number of benzene rings is 1. The van der Waals surface area contributed by atoms with Crippen LogP contribution in [0, 0.1) is 5.82 Å². The van der Waals surface area contributed by atoms with Crippen molar-refractivity contribution in [1.29, 1.82) is 0 Å². The summed E-state index contributed by atoms with van der Waals surface area (Å²) in [6, 6.07) is 2.11. The van der Waals surface area contributed by atoms with Crippen molar-refractivity contribution in [2.24, 2.45) is 0 Å². The molecule has 1 aliphatic rings. The zero-order valence-electron chi connectivity index (χ0n) is 11.1. The molecule has 0 amide bonds. The van der Waals surface area contributed by atoms with Crippen molar-refractivity contribution in [2.45, 2.75) is 31.9 Å². The maximum absolute atomic E-state index is 13.5. The number of ether oxygens (including phenoxy) is 2. The smallest absolute Gasteiger partial charge is 0.387 e. The molecule has 0 radical (unpaired) electrons. The number of rotatable bonds is 4. The van der Waals surface area contributed by atoms with Gasteiger partial charge in [-0.05, 0) is 19.8 Å². The fourth-order valence-corrected chi connectivity index (χ4v) is 2.22. The lowest BCUT2D eigenvalue weighted by Crippen LogP contribution is -2.43. The van der Waals surface area contributed by atoms with Crippen LogP contribution in [0.25, 0.3) is 0 Å². The first kappa shape index (κ1) is 14.8. The minimum Gasteiger partial charge on any atom is -0.432 e. The van der Waals surface area contributed by atoms with Gasteiger partial charge in [-0.15, -0.1) is 0 Å². The van der Waals surface area contributed by atoms with E-state index in [1.165, 1.54) is 0 Å². The predicted octanol–water partition coefficient (Wildman–Crippen LogP) is 2.99. The summed E-state index contributed by atoms with van der Waals surface area (Å²) in [6.07, 6.45) is 1.72. The van der Waals surface area contributed by atoms with Crippen LogP contribution >= 0.6 is 0 Å². The van der Waals surface area contributed by atoms with Crippen LogP contribution in [0.3, 0.4) is 0 Å². The second kappa shape index (κ2) is 5.78. The SMILES string of the molecule is CC1(Nc2cc(OC(F)F)c(F)cc2N)CCCOC1. The lowest BCUT2D eigenvalue weighted by Gasteiger charge is -2.35. The Labute approximate surface area is 115 Å². The molecule has 1 fully saturated rings. The lowest BCUT2D eigenvalue weighted by molar-refractivity contribution is -0.0521. The molecule has 4 nitrogen and oxygen atoms in total. The van der Waals surface area contributed by atoms with Crippen molar-refractivity contribution in [3.63, 3.8) is 0 Å². The first-order valence-electron chi connectivity index (χ1n) is 6.29. The van der Waals surface area contributed by atoms with Gasteiger partial charge in [0.15, 0.2) is 11.6 Å². The molecular formula is C13H17F3N2O2. The van der Waals surface area contributed by atoms with E-state index in [1.807, 2.05) is 6.92 Å². The molecule has 0 saturated carbocycles. The summed E-state index contributed by atoms with van der Waals surface area (Å²) in [7, 11) is 0. The van der Waals surface area contributed by atoms with Gasteiger partial charge in [0.2, 0.25) is 0 Å². The Balaban J connectivity index is 2.22. The normalized spacial score (nSPS) is 22.9. The van der Waals surface area contributed by atoms with Crippen LogP contribution in [-0.2, 0) is 4.74 Å². The van der Waals surface area contributed by atoms with Gasteiger partial charge in [0.25, 0.3) is 0 Å². The molecule has 7 heteroatoms. The minimum absolute atomic E-state index is 0.135. The van der Waals surface area contributed by atoms with E-state index in [-0.39, 0.29) is 11.2 Å². The van der Waals surface area contributed by atoms with Crippen molar-refractivity contribution in [3.05, 3.63) is 17.9 Å². The quantitative estimate of drug-likeness (QED) is 0.837. The number of halogens is 3. The van der Waals surface area contributed by atoms with Crippen molar-refractivity contribution in [3.8, 4) is 5.75 Å². The molecule has 1 heterocycles. The Kier molecular flexibility index (Phi) is 4.27. The van der Waals surface area contributed by atoms with Crippen molar-refractivity contribution in [1.82, 2.24) is 0 Å².